The van der Waals surface area contributed by atoms with Gasteiger partial charge < -0.3 is 9.67 Å². The molecule has 0 radical (unpaired) electrons. The number of aliphatic hydroxyl groups is 1. The Balaban J connectivity index is 2.05. The molecule has 4 heteroatoms. The van der Waals surface area contributed by atoms with E-state index in [1.165, 1.54) is 0 Å². The van der Waals surface area contributed by atoms with Crippen molar-refractivity contribution in [2.24, 2.45) is 0 Å². The zero-order chi connectivity index (χ0) is 19.7. The fourth-order valence-electron chi connectivity index (χ4n) is 3.72. The number of aromatic nitrogens is 2. The lowest BCUT2D eigenvalue weighted by Gasteiger charge is -2.29. The zero-order valence-corrected chi connectivity index (χ0v) is 16.0. The Morgan fingerprint density at radius 2 is 1.54 bits per heavy atom. The lowest BCUT2D eigenvalue weighted by Crippen LogP contribution is -2.32. The van der Waals surface area contributed by atoms with Gasteiger partial charge in [0.15, 0.2) is 17.2 Å². The summed E-state index contributed by atoms with van der Waals surface area (Å²) >= 11 is 0. The Bertz CT molecular complexity index is 1090. The SMILES string of the molecule is CCn1c(C(O)(c2ccccc2)c2ccccc2)nc2ccc(C(C)=O)cc21. The van der Waals surface area contributed by atoms with Crippen LogP contribution in [0.5, 0.6) is 0 Å². The van der Waals surface area contributed by atoms with Crippen LogP contribution >= 0.6 is 0 Å². The van der Waals surface area contributed by atoms with Crippen LogP contribution in [0, 0.1) is 0 Å². The predicted octanol–water partition coefficient (Wildman–Crippen LogP) is 4.54. The van der Waals surface area contributed by atoms with Crippen molar-refractivity contribution >= 4 is 16.8 Å². The molecule has 4 nitrogen and oxygen atoms in total. The van der Waals surface area contributed by atoms with E-state index in [0.29, 0.717) is 17.9 Å². The summed E-state index contributed by atoms with van der Waals surface area (Å²) in [4.78, 5) is 16.7. The third-order valence-electron chi connectivity index (χ3n) is 5.18. The molecule has 0 saturated carbocycles. The number of Topliss-reactive ketones (excluding diaryl/α,β-unsaturated/α-hetero) is 1. The monoisotopic (exact) mass is 370 g/mol. The second kappa shape index (κ2) is 7.06. The van der Waals surface area contributed by atoms with E-state index in [9.17, 15) is 9.90 Å². The molecule has 0 fully saturated rings. The number of nitrogens with zero attached hydrogens (tertiary/aromatic N) is 2. The summed E-state index contributed by atoms with van der Waals surface area (Å²) < 4.78 is 1.99. The molecule has 0 aliphatic carbocycles. The molecule has 4 rings (SSSR count). The van der Waals surface area contributed by atoms with Gasteiger partial charge in [-0.25, -0.2) is 4.98 Å². The third kappa shape index (κ3) is 2.83. The van der Waals surface area contributed by atoms with Crippen LogP contribution in [0.15, 0.2) is 78.9 Å². The average Bonchev–Trinajstić information content (AvgIpc) is 3.12. The summed E-state index contributed by atoms with van der Waals surface area (Å²) in [5.41, 5.74) is 2.32. The minimum atomic E-state index is -1.41. The molecular formula is C24H22N2O2. The molecule has 0 aliphatic rings. The van der Waals surface area contributed by atoms with Gasteiger partial charge in [0.1, 0.15) is 0 Å². The quantitative estimate of drug-likeness (QED) is 0.525. The molecule has 0 spiro atoms. The Kier molecular flexibility index (Phi) is 4.57. The van der Waals surface area contributed by atoms with Gasteiger partial charge in [-0.15, -0.1) is 0 Å². The molecule has 0 saturated heterocycles. The molecule has 0 aliphatic heterocycles. The summed E-state index contributed by atoms with van der Waals surface area (Å²) in [5, 5.41) is 12.1. The first-order valence-electron chi connectivity index (χ1n) is 9.40. The molecule has 0 unspecified atom stereocenters. The number of benzene rings is 3. The minimum Gasteiger partial charge on any atom is -0.373 e. The summed E-state index contributed by atoms with van der Waals surface area (Å²) in [6.45, 7) is 4.19. The van der Waals surface area contributed by atoms with Gasteiger partial charge in [0.05, 0.1) is 11.0 Å². The second-order valence-corrected chi connectivity index (χ2v) is 6.88. The Morgan fingerprint density at radius 1 is 0.964 bits per heavy atom. The van der Waals surface area contributed by atoms with Gasteiger partial charge in [-0.2, -0.15) is 0 Å². The minimum absolute atomic E-state index is 0.00804. The van der Waals surface area contributed by atoms with Crippen molar-refractivity contribution in [1.29, 1.82) is 0 Å². The van der Waals surface area contributed by atoms with Crippen LogP contribution in [-0.2, 0) is 12.1 Å². The van der Waals surface area contributed by atoms with Crippen molar-refractivity contribution in [2.75, 3.05) is 0 Å². The average molecular weight is 370 g/mol. The first-order valence-corrected chi connectivity index (χ1v) is 9.40. The summed E-state index contributed by atoms with van der Waals surface area (Å²) in [5.74, 6) is 0.553. The lowest BCUT2D eigenvalue weighted by atomic mass is 9.85. The van der Waals surface area contributed by atoms with Crippen LogP contribution in [0.2, 0.25) is 0 Å². The highest BCUT2D eigenvalue weighted by Gasteiger charge is 2.38. The number of imidazole rings is 1. The van der Waals surface area contributed by atoms with E-state index in [2.05, 4.69) is 0 Å². The van der Waals surface area contributed by atoms with E-state index in [1.807, 2.05) is 84.3 Å². The first kappa shape index (κ1) is 18.1. The highest BCUT2D eigenvalue weighted by Crippen LogP contribution is 2.37. The van der Waals surface area contributed by atoms with E-state index in [4.69, 9.17) is 4.98 Å². The molecule has 28 heavy (non-hydrogen) atoms. The van der Waals surface area contributed by atoms with Crippen LogP contribution in [0.4, 0.5) is 0 Å². The van der Waals surface area contributed by atoms with Crippen molar-refractivity contribution in [3.05, 3.63) is 101 Å². The number of carbonyl (C=O) groups is 1. The van der Waals surface area contributed by atoms with Crippen LogP contribution in [0.25, 0.3) is 11.0 Å². The molecular weight excluding hydrogens is 348 g/mol. The summed E-state index contributed by atoms with van der Waals surface area (Å²) in [7, 11) is 0. The van der Waals surface area contributed by atoms with Crippen molar-refractivity contribution in [3.8, 4) is 0 Å². The number of hydrogen-bond acceptors (Lipinski definition) is 3. The maximum Gasteiger partial charge on any atom is 0.173 e. The number of ketones is 1. The second-order valence-electron chi connectivity index (χ2n) is 6.88. The highest BCUT2D eigenvalue weighted by atomic mass is 16.3. The molecule has 140 valence electrons. The number of aryl methyl sites for hydroxylation is 1. The molecule has 0 bridgehead atoms. The van der Waals surface area contributed by atoms with E-state index >= 15 is 0 Å². The summed E-state index contributed by atoms with van der Waals surface area (Å²) in [6.07, 6.45) is 0. The fourth-order valence-corrected chi connectivity index (χ4v) is 3.72. The van der Waals surface area contributed by atoms with Crippen LogP contribution < -0.4 is 0 Å². The Labute approximate surface area is 164 Å². The van der Waals surface area contributed by atoms with Crippen molar-refractivity contribution in [2.45, 2.75) is 26.0 Å². The van der Waals surface area contributed by atoms with Gasteiger partial charge in [-0.05, 0) is 43.2 Å². The zero-order valence-electron chi connectivity index (χ0n) is 16.0. The predicted molar refractivity (Wildman–Crippen MR) is 110 cm³/mol. The van der Waals surface area contributed by atoms with E-state index in [1.54, 1.807) is 13.0 Å². The molecule has 0 amide bonds. The fraction of sp³-hybridized carbons (Fsp3) is 0.167. The van der Waals surface area contributed by atoms with Gasteiger partial charge in [-0.1, -0.05) is 60.7 Å². The van der Waals surface area contributed by atoms with Crippen LogP contribution in [0.3, 0.4) is 0 Å². The normalized spacial score (nSPS) is 11.7. The van der Waals surface area contributed by atoms with Gasteiger partial charge >= 0.3 is 0 Å². The molecule has 1 aromatic heterocycles. The van der Waals surface area contributed by atoms with Crippen molar-refractivity contribution in [1.82, 2.24) is 9.55 Å². The van der Waals surface area contributed by atoms with Gasteiger partial charge in [-0.3, -0.25) is 4.79 Å². The molecule has 3 aromatic carbocycles. The lowest BCUT2D eigenvalue weighted by molar-refractivity contribution is 0.101. The highest BCUT2D eigenvalue weighted by molar-refractivity contribution is 5.97. The van der Waals surface area contributed by atoms with E-state index < -0.39 is 5.60 Å². The standard InChI is InChI=1S/C24H22N2O2/c1-3-26-22-16-18(17(2)27)14-15-21(22)25-23(26)24(28,19-10-6-4-7-11-19)20-12-8-5-9-13-20/h4-16,28H,3H2,1-2H3. The Morgan fingerprint density at radius 3 is 2.04 bits per heavy atom. The van der Waals surface area contributed by atoms with Crippen molar-refractivity contribution in [3.63, 3.8) is 0 Å². The molecule has 0 atom stereocenters. The van der Waals surface area contributed by atoms with E-state index in [-0.39, 0.29) is 5.78 Å². The Hall–Kier alpha value is -3.24. The largest absolute Gasteiger partial charge is 0.373 e. The smallest absolute Gasteiger partial charge is 0.173 e. The molecule has 1 N–H and O–H groups in total. The molecule has 4 aromatic rings. The number of carbonyl (C=O) groups excluding carboxylic acids is 1. The van der Waals surface area contributed by atoms with Crippen LogP contribution in [0.1, 0.15) is 41.2 Å². The van der Waals surface area contributed by atoms with Gasteiger partial charge in [0.25, 0.3) is 0 Å². The van der Waals surface area contributed by atoms with Crippen molar-refractivity contribution < 1.29 is 9.90 Å². The van der Waals surface area contributed by atoms with Crippen LogP contribution in [-0.4, -0.2) is 20.4 Å². The summed E-state index contributed by atoms with van der Waals surface area (Å²) in [6, 6.07) is 24.6. The third-order valence-corrected chi connectivity index (χ3v) is 5.18. The maximum absolute atomic E-state index is 12.1. The van der Waals surface area contributed by atoms with E-state index in [0.717, 1.165) is 22.2 Å². The number of hydrogen-bond donors (Lipinski definition) is 1. The van der Waals surface area contributed by atoms with Gasteiger partial charge in [0.2, 0.25) is 0 Å². The number of rotatable bonds is 5. The number of fused-ring (bicyclic) bond motifs is 1. The maximum atomic E-state index is 12.1. The topological polar surface area (TPSA) is 55.1 Å². The molecule has 1 heterocycles. The first-order chi connectivity index (χ1) is 13.6. The van der Waals surface area contributed by atoms with Gasteiger partial charge in [0, 0.05) is 12.1 Å².